The Morgan fingerprint density at radius 3 is 2.59 bits per heavy atom. The lowest BCUT2D eigenvalue weighted by Crippen LogP contribution is -2.35. The Morgan fingerprint density at radius 2 is 2.06 bits per heavy atom. The molecule has 17 heavy (non-hydrogen) atoms. The van der Waals surface area contributed by atoms with Gasteiger partial charge in [-0.3, -0.25) is 4.79 Å². The molecular formula is C12H16ClFN2O. The molecule has 0 aliphatic carbocycles. The van der Waals surface area contributed by atoms with Gasteiger partial charge in [-0.25, -0.2) is 4.39 Å². The second kappa shape index (κ2) is 6.45. The summed E-state index contributed by atoms with van der Waals surface area (Å²) >= 11 is 5.56. The van der Waals surface area contributed by atoms with Gasteiger partial charge in [0.25, 0.3) is 0 Å². The monoisotopic (exact) mass is 258 g/mol. The fraction of sp³-hybridized carbons (Fsp3) is 0.417. The van der Waals surface area contributed by atoms with Crippen molar-refractivity contribution in [2.75, 3.05) is 25.0 Å². The number of halogens is 2. The smallest absolute Gasteiger partial charge is 0.241 e. The van der Waals surface area contributed by atoms with Gasteiger partial charge in [-0.2, -0.15) is 0 Å². The first kappa shape index (κ1) is 13.8. The van der Waals surface area contributed by atoms with Crippen molar-refractivity contribution in [3.05, 3.63) is 29.0 Å². The van der Waals surface area contributed by atoms with E-state index in [0.717, 1.165) is 0 Å². The van der Waals surface area contributed by atoms with Crippen molar-refractivity contribution in [3.8, 4) is 0 Å². The number of benzene rings is 1. The number of hydrogen-bond donors (Lipinski definition) is 1. The molecule has 1 aromatic rings. The predicted octanol–water partition coefficient (Wildman–Crippen LogP) is 2.76. The molecule has 0 unspecified atom stereocenters. The first-order valence-electron chi connectivity index (χ1n) is 5.55. The molecule has 0 aliphatic heterocycles. The maximum atomic E-state index is 13.1. The third-order valence-corrected chi connectivity index (χ3v) is 2.79. The Labute approximate surface area is 106 Å². The molecule has 1 rings (SSSR count). The van der Waals surface area contributed by atoms with Crippen molar-refractivity contribution in [3.63, 3.8) is 0 Å². The van der Waals surface area contributed by atoms with Crippen LogP contribution in [0.4, 0.5) is 10.1 Å². The number of carbonyl (C=O) groups is 1. The van der Waals surface area contributed by atoms with Gasteiger partial charge < -0.3 is 10.2 Å². The number of carbonyl (C=O) groups excluding carboxylic acids is 1. The number of rotatable bonds is 5. The van der Waals surface area contributed by atoms with Crippen LogP contribution in [0.1, 0.15) is 13.8 Å². The Morgan fingerprint density at radius 1 is 1.41 bits per heavy atom. The summed E-state index contributed by atoms with van der Waals surface area (Å²) < 4.78 is 13.1. The van der Waals surface area contributed by atoms with E-state index in [9.17, 15) is 9.18 Å². The summed E-state index contributed by atoms with van der Waals surface area (Å²) in [5, 5.41) is 2.95. The van der Waals surface area contributed by atoms with E-state index in [1.807, 2.05) is 13.8 Å². The molecule has 0 spiro atoms. The van der Waals surface area contributed by atoms with Gasteiger partial charge in [0.05, 0.1) is 11.6 Å². The lowest BCUT2D eigenvalue weighted by Gasteiger charge is -2.19. The van der Waals surface area contributed by atoms with E-state index in [1.165, 1.54) is 12.1 Å². The molecule has 0 aliphatic rings. The van der Waals surface area contributed by atoms with Crippen LogP contribution in [0.15, 0.2) is 18.2 Å². The van der Waals surface area contributed by atoms with Crippen LogP contribution in [0.3, 0.4) is 0 Å². The minimum atomic E-state index is -0.494. The van der Waals surface area contributed by atoms with Gasteiger partial charge in [0.2, 0.25) is 5.91 Å². The zero-order chi connectivity index (χ0) is 12.8. The van der Waals surface area contributed by atoms with Crippen LogP contribution in [-0.4, -0.2) is 30.4 Å². The molecule has 5 heteroatoms. The number of nitrogens with one attached hydrogen (secondary N) is 1. The highest BCUT2D eigenvalue weighted by Gasteiger charge is 2.09. The van der Waals surface area contributed by atoms with Gasteiger partial charge in [0.1, 0.15) is 5.82 Å². The summed E-state index contributed by atoms with van der Waals surface area (Å²) in [5.41, 5.74) is 0.549. The molecule has 0 bridgehead atoms. The summed E-state index contributed by atoms with van der Waals surface area (Å²) in [5.74, 6) is -0.502. The third kappa shape index (κ3) is 3.89. The Kier molecular flexibility index (Phi) is 5.22. The van der Waals surface area contributed by atoms with Crippen molar-refractivity contribution in [2.45, 2.75) is 13.8 Å². The summed E-state index contributed by atoms with van der Waals surface area (Å²) in [7, 11) is 0. The lowest BCUT2D eigenvalue weighted by atomic mass is 10.3. The molecule has 1 aromatic carbocycles. The molecule has 0 saturated carbocycles. The fourth-order valence-electron chi connectivity index (χ4n) is 1.47. The van der Waals surface area contributed by atoms with Gasteiger partial charge in [-0.1, -0.05) is 11.6 Å². The quantitative estimate of drug-likeness (QED) is 0.881. The molecule has 0 fully saturated rings. The number of amides is 1. The first-order chi connectivity index (χ1) is 8.08. The second-order valence-electron chi connectivity index (χ2n) is 3.55. The highest BCUT2D eigenvalue weighted by molar-refractivity contribution is 6.30. The summed E-state index contributed by atoms with van der Waals surface area (Å²) in [6.07, 6.45) is 0. The largest absolute Gasteiger partial charge is 0.376 e. The van der Waals surface area contributed by atoms with E-state index in [-0.39, 0.29) is 17.5 Å². The summed E-state index contributed by atoms with van der Waals surface area (Å²) in [4.78, 5) is 13.4. The number of likely N-dealkylation sites (N-methyl/N-ethyl adjacent to an activating group) is 1. The molecule has 0 heterocycles. The minimum absolute atomic E-state index is 0.00893. The Bertz CT molecular complexity index is 394. The second-order valence-corrected chi connectivity index (χ2v) is 3.96. The minimum Gasteiger partial charge on any atom is -0.376 e. The molecule has 0 atom stereocenters. The molecule has 0 saturated heterocycles. The molecule has 94 valence electrons. The van der Waals surface area contributed by atoms with E-state index in [2.05, 4.69) is 5.32 Å². The normalized spacial score (nSPS) is 10.1. The summed E-state index contributed by atoms with van der Waals surface area (Å²) in [6.45, 7) is 5.34. The van der Waals surface area contributed by atoms with E-state index in [4.69, 9.17) is 11.6 Å². The van der Waals surface area contributed by atoms with Crippen LogP contribution in [0.2, 0.25) is 5.02 Å². The highest BCUT2D eigenvalue weighted by atomic mass is 35.5. The topological polar surface area (TPSA) is 32.3 Å². The summed E-state index contributed by atoms with van der Waals surface area (Å²) in [6, 6.07) is 4.37. The van der Waals surface area contributed by atoms with Crippen LogP contribution >= 0.6 is 11.6 Å². The maximum Gasteiger partial charge on any atom is 0.241 e. The zero-order valence-corrected chi connectivity index (χ0v) is 10.7. The fourth-order valence-corrected chi connectivity index (χ4v) is 1.59. The van der Waals surface area contributed by atoms with Crippen LogP contribution in [0, 0.1) is 5.82 Å². The van der Waals surface area contributed by atoms with E-state index < -0.39 is 5.82 Å². The third-order valence-electron chi connectivity index (χ3n) is 2.48. The van der Waals surface area contributed by atoms with E-state index >= 15 is 0 Å². The van der Waals surface area contributed by atoms with Crippen LogP contribution < -0.4 is 5.32 Å². The number of nitrogens with zero attached hydrogens (tertiary/aromatic N) is 1. The molecule has 3 nitrogen and oxygen atoms in total. The molecule has 0 radical (unpaired) electrons. The number of anilines is 1. The van der Waals surface area contributed by atoms with Crippen molar-refractivity contribution in [1.82, 2.24) is 4.90 Å². The van der Waals surface area contributed by atoms with Gasteiger partial charge in [-0.15, -0.1) is 0 Å². The standard InChI is InChI=1S/C12H16ClFN2O/c1-3-16(4-2)12(17)8-15-9-5-6-10(13)11(14)7-9/h5-7,15H,3-4,8H2,1-2H3. The Hall–Kier alpha value is -1.29. The maximum absolute atomic E-state index is 13.1. The highest BCUT2D eigenvalue weighted by Crippen LogP contribution is 2.18. The van der Waals surface area contributed by atoms with Gasteiger partial charge in [-0.05, 0) is 32.0 Å². The molecular weight excluding hydrogens is 243 g/mol. The van der Waals surface area contributed by atoms with Crippen LogP contribution in [-0.2, 0) is 4.79 Å². The first-order valence-corrected chi connectivity index (χ1v) is 5.93. The van der Waals surface area contributed by atoms with E-state index in [0.29, 0.717) is 18.8 Å². The molecule has 1 amide bonds. The van der Waals surface area contributed by atoms with Gasteiger partial charge in [0.15, 0.2) is 0 Å². The van der Waals surface area contributed by atoms with Crippen molar-refractivity contribution in [1.29, 1.82) is 0 Å². The zero-order valence-electron chi connectivity index (χ0n) is 9.96. The molecule has 0 aromatic heterocycles. The average Bonchev–Trinajstić information content (AvgIpc) is 2.32. The predicted molar refractivity (Wildman–Crippen MR) is 67.8 cm³/mol. The van der Waals surface area contributed by atoms with Crippen molar-refractivity contribution >= 4 is 23.2 Å². The Balaban J connectivity index is 2.55. The van der Waals surface area contributed by atoms with Crippen molar-refractivity contribution in [2.24, 2.45) is 0 Å². The molecule has 1 N–H and O–H groups in total. The van der Waals surface area contributed by atoms with Crippen molar-refractivity contribution < 1.29 is 9.18 Å². The SMILES string of the molecule is CCN(CC)C(=O)CNc1ccc(Cl)c(F)c1. The number of hydrogen-bond acceptors (Lipinski definition) is 2. The lowest BCUT2D eigenvalue weighted by molar-refractivity contribution is -0.128. The van der Waals surface area contributed by atoms with Crippen LogP contribution in [0.5, 0.6) is 0 Å². The van der Waals surface area contributed by atoms with Crippen LogP contribution in [0.25, 0.3) is 0 Å². The average molecular weight is 259 g/mol. The van der Waals surface area contributed by atoms with Gasteiger partial charge in [0, 0.05) is 18.8 Å². The van der Waals surface area contributed by atoms with E-state index in [1.54, 1.807) is 11.0 Å². The van der Waals surface area contributed by atoms with Gasteiger partial charge >= 0.3 is 0 Å².